The molecule has 26 heavy (non-hydrogen) atoms. The molecule has 2 rings (SSSR count). The van der Waals surface area contributed by atoms with Crippen LogP contribution in [0.2, 0.25) is 5.02 Å². The van der Waals surface area contributed by atoms with Crippen molar-refractivity contribution in [3.63, 3.8) is 0 Å². The average Bonchev–Trinajstić information content (AvgIpc) is 2.64. The van der Waals surface area contributed by atoms with E-state index in [1.54, 1.807) is 4.90 Å². The van der Waals surface area contributed by atoms with E-state index in [0.717, 1.165) is 22.6 Å². The van der Waals surface area contributed by atoms with Crippen LogP contribution >= 0.6 is 11.6 Å². The van der Waals surface area contributed by atoms with Crippen LogP contribution in [-0.2, 0) is 6.61 Å². The summed E-state index contributed by atoms with van der Waals surface area (Å²) in [6.07, 6.45) is 0. The second-order valence-corrected chi connectivity index (χ2v) is 6.34. The smallest absolute Gasteiger partial charge is 0.253 e. The van der Waals surface area contributed by atoms with Gasteiger partial charge in [0.05, 0.1) is 6.61 Å². The lowest BCUT2D eigenvalue weighted by molar-refractivity contribution is 0.0772. The fourth-order valence-electron chi connectivity index (χ4n) is 2.68. The highest BCUT2D eigenvalue weighted by Crippen LogP contribution is 2.25. The van der Waals surface area contributed by atoms with Gasteiger partial charge in [-0.05, 0) is 69.7 Å². The molecule has 2 aromatic rings. The number of aryl methyl sites for hydroxylation is 1. The van der Waals surface area contributed by atoms with Crippen LogP contribution in [0.15, 0.2) is 36.4 Å². The van der Waals surface area contributed by atoms with Gasteiger partial charge >= 0.3 is 0 Å². The first-order valence-corrected chi connectivity index (χ1v) is 9.31. The van der Waals surface area contributed by atoms with E-state index in [1.165, 1.54) is 0 Å². The summed E-state index contributed by atoms with van der Waals surface area (Å²) in [6.45, 7) is 10.0. The molecule has 0 aliphatic carbocycles. The Balaban J connectivity index is 2.24. The molecule has 1 amide bonds. The van der Waals surface area contributed by atoms with Crippen molar-refractivity contribution in [1.29, 1.82) is 0 Å². The first-order chi connectivity index (χ1) is 12.5. The second-order valence-electron chi connectivity index (χ2n) is 5.93. The predicted octanol–water partition coefficient (Wildman–Crippen LogP) is 5.11. The molecule has 0 aliphatic heterocycles. The zero-order valence-corrected chi connectivity index (χ0v) is 16.6. The second kappa shape index (κ2) is 9.48. The molecule has 0 unspecified atom stereocenters. The third-order valence-electron chi connectivity index (χ3n) is 4.18. The van der Waals surface area contributed by atoms with Gasteiger partial charge in [-0.15, -0.1) is 0 Å². The molecule has 0 spiro atoms. The third kappa shape index (κ3) is 4.92. The number of rotatable bonds is 8. The molecular weight excluding hydrogens is 350 g/mol. The van der Waals surface area contributed by atoms with Crippen LogP contribution in [0.5, 0.6) is 11.5 Å². The van der Waals surface area contributed by atoms with Crippen molar-refractivity contribution in [3.05, 3.63) is 58.1 Å². The minimum Gasteiger partial charge on any atom is -0.493 e. The lowest BCUT2D eigenvalue weighted by Crippen LogP contribution is -2.30. The summed E-state index contributed by atoms with van der Waals surface area (Å²) in [7, 11) is 0. The summed E-state index contributed by atoms with van der Waals surface area (Å²) in [5.74, 6) is 1.48. The van der Waals surface area contributed by atoms with Gasteiger partial charge in [-0.2, -0.15) is 0 Å². The van der Waals surface area contributed by atoms with E-state index in [2.05, 4.69) is 0 Å². The molecule has 2 aromatic carbocycles. The van der Waals surface area contributed by atoms with Crippen LogP contribution in [0, 0.1) is 6.92 Å². The van der Waals surface area contributed by atoms with Crippen molar-refractivity contribution in [3.8, 4) is 11.5 Å². The Morgan fingerprint density at radius 3 is 2.38 bits per heavy atom. The van der Waals surface area contributed by atoms with Gasteiger partial charge in [0.25, 0.3) is 5.91 Å². The number of hydrogen-bond acceptors (Lipinski definition) is 3. The number of ether oxygens (including phenoxy) is 2. The Bertz CT molecular complexity index is 757. The molecule has 0 saturated carbocycles. The molecule has 4 nitrogen and oxygen atoms in total. The van der Waals surface area contributed by atoms with Crippen molar-refractivity contribution in [2.24, 2.45) is 0 Å². The standard InChI is InChI=1S/C21H26ClNO3/c1-5-23(6-2)21(24)16-8-11-20(25-7-3)17(13-16)14-26-18-9-10-19(22)15(4)12-18/h8-13H,5-7,14H2,1-4H3. The minimum absolute atomic E-state index is 0.0154. The van der Waals surface area contributed by atoms with Gasteiger partial charge in [0.2, 0.25) is 0 Å². The topological polar surface area (TPSA) is 38.8 Å². The Labute approximate surface area is 160 Å². The number of nitrogens with zero attached hydrogens (tertiary/aromatic N) is 1. The van der Waals surface area contributed by atoms with Crippen molar-refractivity contribution in [1.82, 2.24) is 4.90 Å². The van der Waals surface area contributed by atoms with Crippen LogP contribution in [0.25, 0.3) is 0 Å². The summed E-state index contributed by atoms with van der Waals surface area (Å²) in [4.78, 5) is 14.4. The van der Waals surface area contributed by atoms with Crippen LogP contribution in [0.3, 0.4) is 0 Å². The van der Waals surface area contributed by atoms with E-state index >= 15 is 0 Å². The van der Waals surface area contributed by atoms with Gasteiger partial charge in [-0.1, -0.05) is 11.6 Å². The van der Waals surface area contributed by atoms with Crippen LogP contribution in [0.1, 0.15) is 42.3 Å². The summed E-state index contributed by atoms with van der Waals surface area (Å²) in [5, 5.41) is 0.708. The molecule has 0 aliphatic rings. The van der Waals surface area contributed by atoms with E-state index in [1.807, 2.05) is 64.1 Å². The van der Waals surface area contributed by atoms with Gasteiger partial charge < -0.3 is 14.4 Å². The summed E-state index contributed by atoms with van der Waals surface area (Å²) in [5.41, 5.74) is 2.44. The summed E-state index contributed by atoms with van der Waals surface area (Å²) >= 11 is 6.06. The maximum absolute atomic E-state index is 12.6. The molecule has 0 heterocycles. The number of halogens is 1. The summed E-state index contributed by atoms with van der Waals surface area (Å²) < 4.78 is 11.6. The lowest BCUT2D eigenvalue weighted by Gasteiger charge is -2.20. The largest absolute Gasteiger partial charge is 0.493 e. The Morgan fingerprint density at radius 1 is 1.04 bits per heavy atom. The van der Waals surface area contributed by atoms with Crippen LogP contribution in [0.4, 0.5) is 0 Å². The molecule has 140 valence electrons. The predicted molar refractivity (Wildman–Crippen MR) is 105 cm³/mol. The average molecular weight is 376 g/mol. The molecule has 0 atom stereocenters. The zero-order chi connectivity index (χ0) is 19.1. The molecule has 5 heteroatoms. The SMILES string of the molecule is CCOc1ccc(C(=O)N(CC)CC)cc1COc1ccc(Cl)c(C)c1. The van der Waals surface area contributed by atoms with Crippen molar-refractivity contribution in [2.75, 3.05) is 19.7 Å². The monoisotopic (exact) mass is 375 g/mol. The highest BCUT2D eigenvalue weighted by molar-refractivity contribution is 6.31. The third-order valence-corrected chi connectivity index (χ3v) is 4.61. The fourth-order valence-corrected chi connectivity index (χ4v) is 2.80. The molecular formula is C21H26ClNO3. The van der Waals surface area contributed by atoms with Gasteiger partial charge in [0.1, 0.15) is 18.1 Å². The van der Waals surface area contributed by atoms with E-state index < -0.39 is 0 Å². The van der Waals surface area contributed by atoms with E-state index in [-0.39, 0.29) is 5.91 Å². The number of amides is 1. The minimum atomic E-state index is 0.0154. The van der Waals surface area contributed by atoms with Crippen LogP contribution in [-0.4, -0.2) is 30.5 Å². The number of benzene rings is 2. The fraction of sp³-hybridized carbons (Fsp3) is 0.381. The highest BCUT2D eigenvalue weighted by Gasteiger charge is 2.15. The van der Waals surface area contributed by atoms with Gasteiger partial charge in [-0.3, -0.25) is 4.79 Å². The van der Waals surface area contributed by atoms with Crippen molar-refractivity contribution >= 4 is 17.5 Å². The number of carbonyl (C=O) groups excluding carboxylic acids is 1. The molecule has 0 N–H and O–H groups in total. The van der Waals surface area contributed by atoms with Crippen molar-refractivity contribution in [2.45, 2.75) is 34.3 Å². The Kier molecular flexibility index (Phi) is 7.34. The Hall–Kier alpha value is -2.20. The van der Waals surface area contributed by atoms with E-state index in [4.69, 9.17) is 21.1 Å². The van der Waals surface area contributed by atoms with Gasteiger partial charge in [-0.25, -0.2) is 0 Å². The lowest BCUT2D eigenvalue weighted by atomic mass is 10.1. The molecule has 0 fully saturated rings. The molecule has 0 saturated heterocycles. The first kappa shape index (κ1) is 20.1. The maximum Gasteiger partial charge on any atom is 0.253 e. The normalized spacial score (nSPS) is 10.5. The van der Waals surface area contributed by atoms with E-state index in [9.17, 15) is 4.79 Å². The van der Waals surface area contributed by atoms with Gasteiger partial charge in [0.15, 0.2) is 0 Å². The quantitative estimate of drug-likeness (QED) is 0.643. The number of carbonyl (C=O) groups is 1. The van der Waals surface area contributed by atoms with Crippen LogP contribution < -0.4 is 9.47 Å². The maximum atomic E-state index is 12.6. The summed E-state index contributed by atoms with van der Waals surface area (Å²) in [6, 6.07) is 11.0. The molecule has 0 bridgehead atoms. The zero-order valence-electron chi connectivity index (χ0n) is 15.8. The molecule has 0 radical (unpaired) electrons. The van der Waals surface area contributed by atoms with E-state index in [0.29, 0.717) is 36.9 Å². The highest BCUT2D eigenvalue weighted by atomic mass is 35.5. The van der Waals surface area contributed by atoms with Gasteiger partial charge in [0, 0.05) is 29.2 Å². The Morgan fingerprint density at radius 2 is 1.77 bits per heavy atom. The molecule has 0 aromatic heterocycles. The van der Waals surface area contributed by atoms with Crippen molar-refractivity contribution < 1.29 is 14.3 Å². The first-order valence-electron chi connectivity index (χ1n) is 8.94. The number of hydrogen-bond donors (Lipinski definition) is 0.